The fourth-order valence-electron chi connectivity index (χ4n) is 2.93. The van der Waals surface area contributed by atoms with Gasteiger partial charge >= 0.3 is 24.5 Å². The van der Waals surface area contributed by atoms with E-state index in [4.69, 9.17) is 9.15 Å². The number of fused-ring (bicyclic) bond motifs is 1. The smallest absolute Gasteiger partial charge is 0.493 e. The van der Waals surface area contributed by atoms with Crippen LogP contribution in [0.3, 0.4) is 0 Å². The molecule has 0 aliphatic heterocycles. The van der Waals surface area contributed by atoms with Gasteiger partial charge in [0.25, 0.3) is 0 Å². The first kappa shape index (κ1) is 27.1. The fourth-order valence-corrected chi connectivity index (χ4v) is 2.93. The van der Waals surface area contributed by atoms with Gasteiger partial charge in [-0.1, -0.05) is 36.9 Å². The maximum atomic E-state index is 13.8. The Bertz CT molecular complexity index is 1180. The predicted molar refractivity (Wildman–Crippen MR) is 115 cm³/mol. The molecule has 0 radical (unpaired) electrons. The molecule has 12 heteroatoms. The van der Waals surface area contributed by atoms with Gasteiger partial charge in [0.2, 0.25) is 0 Å². The van der Waals surface area contributed by atoms with Crippen LogP contribution in [0, 0.1) is 0 Å². The monoisotopic (exact) mass is 518 g/mol. The predicted octanol–water partition coefficient (Wildman–Crippen LogP) is 6.76. The second-order valence-electron chi connectivity index (χ2n) is 7.34. The maximum absolute atomic E-state index is 13.8. The van der Waals surface area contributed by atoms with Gasteiger partial charge in [0.05, 0.1) is 26.1 Å². The van der Waals surface area contributed by atoms with Gasteiger partial charge in [-0.25, -0.2) is 14.3 Å². The number of carbonyl (C=O) groups is 1. The molecule has 3 rings (SSSR count). The van der Waals surface area contributed by atoms with Gasteiger partial charge in [-0.3, -0.25) is 0 Å². The molecular weight excluding hydrogens is 498 g/mol. The topological polar surface area (TPSA) is 67.1 Å². The van der Waals surface area contributed by atoms with Crippen LogP contribution < -0.4 is 4.74 Å². The first-order valence-electron chi connectivity index (χ1n) is 10.4. The van der Waals surface area contributed by atoms with Crippen LogP contribution in [0.4, 0.5) is 26.3 Å². The summed E-state index contributed by atoms with van der Waals surface area (Å²) in [6, 6.07) is 15.5. The number of benzene rings is 2. The Morgan fingerprint density at radius 2 is 1.53 bits per heavy atom. The first-order valence-corrected chi connectivity index (χ1v) is 10.4. The Morgan fingerprint density at radius 3 is 2.17 bits per heavy atom. The van der Waals surface area contributed by atoms with Crippen LogP contribution in [0.2, 0.25) is 0 Å². The van der Waals surface area contributed by atoms with Crippen LogP contribution in [-0.4, -0.2) is 37.7 Å². The van der Waals surface area contributed by atoms with Crippen molar-refractivity contribution in [3.8, 4) is 17.1 Å². The number of ether oxygens (including phenoxy) is 4. The SMILES string of the molecule is C=CC(=O)OCCC(F)(F)OC(F)(F)OC(F)(F)CCOc1ccc2cc(-c3ccccc3)oc2c1. The maximum Gasteiger partial charge on any atom is 0.494 e. The number of furan rings is 1. The van der Waals surface area contributed by atoms with E-state index in [1.807, 2.05) is 30.3 Å². The molecule has 1 heterocycles. The van der Waals surface area contributed by atoms with Crippen molar-refractivity contribution in [1.29, 1.82) is 0 Å². The van der Waals surface area contributed by atoms with E-state index in [2.05, 4.69) is 20.8 Å². The zero-order valence-electron chi connectivity index (χ0n) is 18.5. The molecule has 0 aliphatic rings. The van der Waals surface area contributed by atoms with Crippen LogP contribution in [0.1, 0.15) is 12.8 Å². The fraction of sp³-hybridized carbons (Fsp3) is 0.292. The van der Waals surface area contributed by atoms with Crippen LogP contribution in [-0.2, 0) is 19.0 Å². The van der Waals surface area contributed by atoms with E-state index < -0.39 is 50.5 Å². The van der Waals surface area contributed by atoms with Crippen molar-refractivity contribution < 1.29 is 54.5 Å². The summed E-state index contributed by atoms with van der Waals surface area (Å²) < 4.78 is 103. The summed E-state index contributed by atoms with van der Waals surface area (Å²) >= 11 is 0. The largest absolute Gasteiger partial charge is 0.494 e. The lowest BCUT2D eigenvalue weighted by Gasteiger charge is -2.26. The molecule has 0 N–H and O–H groups in total. The summed E-state index contributed by atoms with van der Waals surface area (Å²) in [5.41, 5.74) is 1.22. The number of halogens is 6. The highest BCUT2D eigenvalue weighted by molar-refractivity contribution is 5.84. The Morgan fingerprint density at radius 1 is 0.889 bits per heavy atom. The zero-order chi connectivity index (χ0) is 26.4. The molecule has 0 aliphatic carbocycles. The highest BCUT2D eigenvalue weighted by Gasteiger charge is 2.52. The van der Waals surface area contributed by atoms with Crippen molar-refractivity contribution in [3.05, 3.63) is 67.3 Å². The van der Waals surface area contributed by atoms with E-state index in [1.165, 1.54) is 12.1 Å². The molecule has 0 saturated carbocycles. The normalized spacial score (nSPS) is 12.5. The molecule has 6 nitrogen and oxygen atoms in total. The third kappa shape index (κ3) is 8.02. The summed E-state index contributed by atoms with van der Waals surface area (Å²) in [6.45, 7) is 1.19. The molecule has 0 atom stereocenters. The van der Waals surface area contributed by atoms with Crippen molar-refractivity contribution in [2.24, 2.45) is 0 Å². The molecule has 1 aromatic heterocycles. The number of carbonyl (C=O) groups excluding carboxylic acids is 1. The lowest BCUT2D eigenvalue weighted by molar-refractivity contribution is -0.514. The highest BCUT2D eigenvalue weighted by Crippen LogP contribution is 2.36. The molecule has 36 heavy (non-hydrogen) atoms. The molecule has 0 unspecified atom stereocenters. The van der Waals surface area contributed by atoms with Gasteiger partial charge in [0.1, 0.15) is 17.1 Å². The van der Waals surface area contributed by atoms with Gasteiger partial charge < -0.3 is 13.9 Å². The molecule has 2 aromatic carbocycles. The standard InChI is InChI=1S/C24H20F6O6/c1-2-21(31)33-13-11-23(27,28)36-24(29,30)35-22(25,26)10-12-32-18-9-8-17-14-19(34-20(17)15-18)16-6-4-3-5-7-16/h2-9,14-15H,1,10-13H2. The minimum atomic E-state index is -5.35. The minimum absolute atomic E-state index is 0.107. The van der Waals surface area contributed by atoms with Crippen LogP contribution >= 0.6 is 0 Å². The first-order chi connectivity index (χ1) is 16.9. The lowest BCUT2D eigenvalue weighted by Crippen LogP contribution is -2.41. The highest BCUT2D eigenvalue weighted by atomic mass is 19.3. The summed E-state index contributed by atoms with van der Waals surface area (Å²) in [5.74, 6) is -0.403. The Hall–Kier alpha value is -3.51. The quantitative estimate of drug-likeness (QED) is 0.108. The van der Waals surface area contributed by atoms with E-state index >= 15 is 0 Å². The molecule has 0 bridgehead atoms. The van der Waals surface area contributed by atoms with Gasteiger partial charge in [0, 0.05) is 23.1 Å². The summed E-state index contributed by atoms with van der Waals surface area (Å²) in [4.78, 5) is 10.8. The summed E-state index contributed by atoms with van der Waals surface area (Å²) in [6.07, 6.45) is -16.8. The van der Waals surface area contributed by atoms with E-state index in [0.717, 1.165) is 5.56 Å². The number of rotatable bonds is 13. The molecular formula is C24H20F6O6. The third-order valence-electron chi connectivity index (χ3n) is 4.55. The Balaban J connectivity index is 1.52. The Kier molecular flexibility index (Phi) is 8.31. The molecule has 194 valence electrons. The summed E-state index contributed by atoms with van der Waals surface area (Å²) in [5, 5.41) is 0.715. The van der Waals surface area contributed by atoms with Crippen molar-refractivity contribution in [1.82, 2.24) is 0 Å². The lowest BCUT2D eigenvalue weighted by atomic mass is 10.1. The second-order valence-corrected chi connectivity index (χ2v) is 7.34. The number of hydrogen-bond acceptors (Lipinski definition) is 6. The van der Waals surface area contributed by atoms with Crippen LogP contribution in [0.15, 0.2) is 71.7 Å². The number of esters is 1. The van der Waals surface area contributed by atoms with E-state index in [9.17, 15) is 31.1 Å². The van der Waals surface area contributed by atoms with Gasteiger partial charge in [-0.15, -0.1) is 8.78 Å². The molecule has 0 fully saturated rings. The summed E-state index contributed by atoms with van der Waals surface area (Å²) in [7, 11) is 0. The van der Waals surface area contributed by atoms with Crippen molar-refractivity contribution in [2.45, 2.75) is 31.4 Å². The molecule has 0 saturated heterocycles. The molecule has 0 spiro atoms. The number of alkyl halides is 6. The van der Waals surface area contributed by atoms with Gasteiger partial charge in [-0.2, -0.15) is 17.6 Å². The molecule has 3 aromatic rings. The van der Waals surface area contributed by atoms with Crippen molar-refractivity contribution >= 4 is 16.9 Å². The van der Waals surface area contributed by atoms with E-state index in [-0.39, 0.29) is 5.75 Å². The van der Waals surface area contributed by atoms with E-state index in [1.54, 1.807) is 12.1 Å². The third-order valence-corrected chi connectivity index (χ3v) is 4.55. The van der Waals surface area contributed by atoms with Crippen molar-refractivity contribution in [3.63, 3.8) is 0 Å². The Labute approximate surface area is 201 Å². The van der Waals surface area contributed by atoms with E-state index in [0.29, 0.717) is 22.8 Å². The van der Waals surface area contributed by atoms with Crippen molar-refractivity contribution in [2.75, 3.05) is 13.2 Å². The minimum Gasteiger partial charge on any atom is -0.493 e. The average molecular weight is 518 g/mol. The number of hydrogen-bond donors (Lipinski definition) is 0. The van der Waals surface area contributed by atoms with Gasteiger partial charge in [-0.05, 0) is 18.2 Å². The average Bonchev–Trinajstić information content (AvgIpc) is 3.21. The van der Waals surface area contributed by atoms with Crippen LogP contribution in [0.5, 0.6) is 5.75 Å². The molecule has 0 amide bonds. The van der Waals surface area contributed by atoms with Crippen LogP contribution in [0.25, 0.3) is 22.3 Å². The van der Waals surface area contributed by atoms with Gasteiger partial charge in [0.15, 0.2) is 0 Å². The second kappa shape index (κ2) is 11.0. The zero-order valence-corrected chi connectivity index (χ0v) is 18.5.